The highest BCUT2D eigenvalue weighted by Crippen LogP contribution is 2.33. The highest BCUT2D eigenvalue weighted by molar-refractivity contribution is 7.07. The Morgan fingerprint density at radius 2 is 2.17 bits per heavy atom. The van der Waals surface area contributed by atoms with Crippen molar-refractivity contribution in [1.29, 1.82) is 0 Å². The van der Waals surface area contributed by atoms with E-state index < -0.39 is 0 Å². The van der Waals surface area contributed by atoms with E-state index in [0.717, 1.165) is 18.7 Å². The smallest absolute Gasteiger partial charge is 0.298 e. The lowest BCUT2D eigenvalue weighted by Gasteiger charge is -2.08. The van der Waals surface area contributed by atoms with E-state index >= 15 is 0 Å². The number of aromatic nitrogens is 2. The molecule has 0 amide bonds. The summed E-state index contributed by atoms with van der Waals surface area (Å²) in [5.41, 5.74) is 6.34. The summed E-state index contributed by atoms with van der Waals surface area (Å²) < 4.78 is 15.1. The van der Waals surface area contributed by atoms with E-state index in [9.17, 15) is 0 Å². The fraction of sp³-hybridized carbons (Fsp3) is 0.333. The lowest BCUT2D eigenvalue weighted by atomic mass is 10.3. The summed E-state index contributed by atoms with van der Waals surface area (Å²) in [6, 6.07) is 5.23. The van der Waals surface area contributed by atoms with Crippen LogP contribution >= 0.6 is 11.5 Å². The van der Waals surface area contributed by atoms with E-state index in [1.807, 2.05) is 0 Å². The van der Waals surface area contributed by atoms with Crippen molar-refractivity contribution in [2.75, 3.05) is 12.8 Å². The summed E-state index contributed by atoms with van der Waals surface area (Å²) in [6.45, 7) is 2.09. The molecule has 0 aliphatic rings. The maximum Gasteiger partial charge on any atom is 0.298 e. The molecule has 0 aliphatic heterocycles. The zero-order valence-electron chi connectivity index (χ0n) is 10.3. The van der Waals surface area contributed by atoms with E-state index in [4.69, 9.17) is 15.2 Å². The Hall–Kier alpha value is -1.82. The number of methoxy groups -OCH3 is 1. The van der Waals surface area contributed by atoms with Gasteiger partial charge in [0.2, 0.25) is 0 Å². The number of nitrogens with two attached hydrogens (primary N) is 1. The summed E-state index contributed by atoms with van der Waals surface area (Å²) in [5, 5.41) is 0.502. The van der Waals surface area contributed by atoms with Gasteiger partial charge in [-0.2, -0.15) is 9.36 Å². The number of aryl methyl sites for hydroxylation is 1. The SMILES string of the molecule is CCCc1nsc(Oc2cc(N)ccc2OC)n1. The van der Waals surface area contributed by atoms with Crippen LogP contribution in [-0.4, -0.2) is 16.5 Å². The van der Waals surface area contributed by atoms with Crippen LogP contribution in [0, 0.1) is 0 Å². The summed E-state index contributed by atoms with van der Waals surface area (Å²) in [6.07, 6.45) is 1.87. The van der Waals surface area contributed by atoms with Gasteiger partial charge < -0.3 is 15.2 Å². The van der Waals surface area contributed by atoms with Crippen molar-refractivity contribution in [1.82, 2.24) is 9.36 Å². The Labute approximate surface area is 110 Å². The number of benzene rings is 1. The molecule has 0 saturated carbocycles. The Balaban J connectivity index is 2.19. The van der Waals surface area contributed by atoms with Crippen molar-refractivity contribution >= 4 is 17.2 Å². The maximum atomic E-state index is 5.72. The van der Waals surface area contributed by atoms with E-state index in [1.54, 1.807) is 25.3 Å². The van der Waals surface area contributed by atoms with Crippen LogP contribution in [-0.2, 0) is 6.42 Å². The lowest BCUT2D eigenvalue weighted by molar-refractivity contribution is 0.378. The molecule has 0 unspecified atom stereocenters. The summed E-state index contributed by atoms with van der Waals surface area (Å²) in [7, 11) is 1.58. The number of hydrogen-bond donors (Lipinski definition) is 1. The zero-order chi connectivity index (χ0) is 13.0. The predicted molar refractivity (Wildman–Crippen MR) is 71.4 cm³/mol. The lowest BCUT2D eigenvalue weighted by Crippen LogP contribution is -1.93. The average molecular weight is 265 g/mol. The van der Waals surface area contributed by atoms with Crippen molar-refractivity contribution in [3.8, 4) is 16.7 Å². The average Bonchev–Trinajstić information content (AvgIpc) is 2.77. The molecule has 1 aromatic heterocycles. The summed E-state index contributed by atoms with van der Waals surface area (Å²) >= 11 is 1.23. The molecule has 96 valence electrons. The van der Waals surface area contributed by atoms with Crippen LogP contribution in [0.3, 0.4) is 0 Å². The topological polar surface area (TPSA) is 70.3 Å². The van der Waals surface area contributed by atoms with Crippen LogP contribution in [0.5, 0.6) is 16.7 Å². The van der Waals surface area contributed by atoms with Gasteiger partial charge in [-0.05, 0) is 18.6 Å². The van der Waals surface area contributed by atoms with Crippen LogP contribution in [0.25, 0.3) is 0 Å². The molecule has 18 heavy (non-hydrogen) atoms. The number of nitrogen functional groups attached to an aromatic ring is 1. The zero-order valence-corrected chi connectivity index (χ0v) is 11.2. The number of nitrogens with zero attached hydrogens (tertiary/aromatic N) is 2. The van der Waals surface area contributed by atoms with Crippen LogP contribution in [0.15, 0.2) is 18.2 Å². The Morgan fingerprint density at radius 3 is 2.89 bits per heavy atom. The first-order valence-electron chi connectivity index (χ1n) is 5.67. The van der Waals surface area contributed by atoms with Gasteiger partial charge in [0.25, 0.3) is 5.19 Å². The Kier molecular flexibility index (Phi) is 3.99. The first kappa shape index (κ1) is 12.6. The quantitative estimate of drug-likeness (QED) is 0.842. The fourth-order valence-corrected chi connectivity index (χ4v) is 2.06. The molecule has 0 bridgehead atoms. The third-order valence-corrected chi connectivity index (χ3v) is 2.94. The first-order chi connectivity index (χ1) is 8.72. The van der Waals surface area contributed by atoms with E-state index in [0.29, 0.717) is 22.4 Å². The second-order valence-electron chi connectivity index (χ2n) is 3.74. The number of rotatable bonds is 5. The van der Waals surface area contributed by atoms with Crippen LogP contribution in [0.2, 0.25) is 0 Å². The molecule has 0 radical (unpaired) electrons. The van der Waals surface area contributed by atoms with Crippen LogP contribution in [0.4, 0.5) is 5.69 Å². The molecule has 2 aromatic rings. The van der Waals surface area contributed by atoms with Crippen molar-refractivity contribution in [2.45, 2.75) is 19.8 Å². The monoisotopic (exact) mass is 265 g/mol. The molecular weight excluding hydrogens is 250 g/mol. The molecule has 0 fully saturated rings. The standard InChI is InChI=1S/C12H15N3O2S/c1-3-4-11-14-12(18-15-11)17-10-7-8(13)5-6-9(10)16-2/h5-7H,3-4,13H2,1-2H3. The minimum Gasteiger partial charge on any atom is -0.493 e. The van der Waals surface area contributed by atoms with E-state index in [-0.39, 0.29) is 0 Å². The number of hydrogen-bond acceptors (Lipinski definition) is 6. The second-order valence-corrected chi connectivity index (χ2v) is 4.45. The van der Waals surface area contributed by atoms with Gasteiger partial charge in [-0.15, -0.1) is 0 Å². The fourth-order valence-electron chi connectivity index (χ4n) is 1.47. The minimum absolute atomic E-state index is 0.502. The molecule has 2 rings (SSSR count). The molecule has 0 spiro atoms. The maximum absolute atomic E-state index is 5.72. The Bertz CT molecular complexity index is 528. The van der Waals surface area contributed by atoms with Crippen molar-refractivity contribution in [3.05, 3.63) is 24.0 Å². The van der Waals surface area contributed by atoms with Gasteiger partial charge in [-0.1, -0.05) is 6.92 Å². The normalized spacial score (nSPS) is 10.3. The third kappa shape index (κ3) is 2.89. The molecule has 0 atom stereocenters. The van der Waals surface area contributed by atoms with Crippen molar-refractivity contribution in [3.63, 3.8) is 0 Å². The molecule has 6 heteroatoms. The molecule has 5 nitrogen and oxygen atoms in total. The van der Waals surface area contributed by atoms with Gasteiger partial charge in [-0.3, -0.25) is 0 Å². The van der Waals surface area contributed by atoms with Gasteiger partial charge in [0, 0.05) is 29.7 Å². The molecule has 2 N–H and O–H groups in total. The first-order valence-corrected chi connectivity index (χ1v) is 6.44. The molecule has 1 aromatic carbocycles. The van der Waals surface area contributed by atoms with Gasteiger partial charge in [-0.25, -0.2) is 0 Å². The number of anilines is 1. The molecule has 0 saturated heterocycles. The predicted octanol–water partition coefficient (Wildman–Crippen LogP) is 2.87. The minimum atomic E-state index is 0.502. The van der Waals surface area contributed by atoms with Crippen LogP contribution < -0.4 is 15.2 Å². The van der Waals surface area contributed by atoms with E-state index in [1.165, 1.54) is 11.5 Å². The largest absolute Gasteiger partial charge is 0.493 e. The second kappa shape index (κ2) is 5.68. The summed E-state index contributed by atoms with van der Waals surface area (Å²) in [4.78, 5) is 4.29. The highest BCUT2D eigenvalue weighted by Gasteiger charge is 2.10. The van der Waals surface area contributed by atoms with Gasteiger partial charge in [0.15, 0.2) is 11.5 Å². The van der Waals surface area contributed by atoms with Crippen LogP contribution in [0.1, 0.15) is 19.2 Å². The molecule has 0 aliphatic carbocycles. The van der Waals surface area contributed by atoms with Crippen molar-refractivity contribution in [2.24, 2.45) is 0 Å². The van der Waals surface area contributed by atoms with Crippen molar-refractivity contribution < 1.29 is 9.47 Å². The van der Waals surface area contributed by atoms with Gasteiger partial charge in [0.05, 0.1) is 7.11 Å². The van der Waals surface area contributed by atoms with Gasteiger partial charge >= 0.3 is 0 Å². The van der Waals surface area contributed by atoms with Gasteiger partial charge in [0.1, 0.15) is 5.82 Å². The molecule has 1 heterocycles. The van der Waals surface area contributed by atoms with E-state index in [2.05, 4.69) is 16.3 Å². The highest BCUT2D eigenvalue weighted by atomic mass is 32.1. The number of ether oxygens (including phenoxy) is 2. The Morgan fingerprint density at radius 1 is 1.33 bits per heavy atom. The third-order valence-electron chi connectivity index (χ3n) is 2.31. The summed E-state index contributed by atoms with van der Waals surface area (Å²) in [5.74, 6) is 1.98. The molecular formula is C12H15N3O2S.